The van der Waals surface area contributed by atoms with Crippen LogP contribution in [0.5, 0.6) is 0 Å². The minimum atomic E-state index is -0.860. The van der Waals surface area contributed by atoms with Crippen LogP contribution in [0.2, 0.25) is 0 Å². The lowest BCUT2D eigenvalue weighted by molar-refractivity contribution is -0.384. The molecule has 0 bridgehead atoms. The molecule has 1 saturated heterocycles. The first-order valence-electron chi connectivity index (χ1n) is 7.09. The predicted molar refractivity (Wildman–Crippen MR) is 77.5 cm³/mol. The van der Waals surface area contributed by atoms with Gasteiger partial charge in [0.2, 0.25) is 11.7 Å². The largest absolute Gasteiger partial charge is 0.480 e. The van der Waals surface area contributed by atoms with Gasteiger partial charge in [-0.25, -0.2) is 0 Å². The first kappa shape index (κ1) is 15.1. The molecule has 0 amide bonds. The number of carboxylic acids is 1. The molecule has 0 radical (unpaired) electrons. The Kier molecular flexibility index (Phi) is 4.02. The van der Waals surface area contributed by atoms with E-state index in [9.17, 15) is 14.9 Å². The van der Waals surface area contributed by atoms with Gasteiger partial charge >= 0.3 is 5.97 Å². The maximum Gasteiger partial charge on any atom is 0.320 e. The lowest BCUT2D eigenvalue weighted by Crippen LogP contribution is -2.35. The zero-order chi connectivity index (χ0) is 16.4. The zero-order valence-electron chi connectivity index (χ0n) is 12.1. The van der Waals surface area contributed by atoms with E-state index in [-0.39, 0.29) is 18.1 Å². The number of rotatable bonds is 5. The van der Waals surface area contributed by atoms with Crippen molar-refractivity contribution in [1.82, 2.24) is 15.0 Å². The normalized spacial score (nSPS) is 18.2. The van der Waals surface area contributed by atoms with Crippen molar-refractivity contribution in [2.24, 2.45) is 0 Å². The molecule has 1 aliphatic heterocycles. The van der Waals surface area contributed by atoms with E-state index in [2.05, 4.69) is 10.1 Å². The number of benzene rings is 1. The van der Waals surface area contributed by atoms with Gasteiger partial charge in [0, 0.05) is 17.7 Å². The van der Waals surface area contributed by atoms with Crippen molar-refractivity contribution in [2.75, 3.05) is 6.54 Å². The molecule has 3 rings (SSSR count). The van der Waals surface area contributed by atoms with Crippen molar-refractivity contribution in [3.05, 3.63) is 40.3 Å². The molecule has 1 aromatic heterocycles. The van der Waals surface area contributed by atoms with Gasteiger partial charge in [-0.05, 0) is 19.4 Å². The topological polar surface area (TPSA) is 123 Å². The maximum atomic E-state index is 11.2. The van der Waals surface area contributed by atoms with Crippen LogP contribution < -0.4 is 0 Å². The summed E-state index contributed by atoms with van der Waals surface area (Å²) in [5.74, 6) is -0.324. The van der Waals surface area contributed by atoms with Crippen LogP contribution in [0.1, 0.15) is 18.7 Å². The van der Waals surface area contributed by atoms with Crippen molar-refractivity contribution in [2.45, 2.75) is 25.4 Å². The Hall–Kier alpha value is -2.81. The van der Waals surface area contributed by atoms with E-state index in [0.29, 0.717) is 24.4 Å². The second-order valence-corrected chi connectivity index (χ2v) is 5.29. The molecule has 1 unspecified atom stereocenters. The summed E-state index contributed by atoms with van der Waals surface area (Å²) in [6, 6.07) is 5.40. The van der Waals surface area contributed by atoms with Crippen molar-refractivity contribution < 1.29 is 19.3 Å². The molecule has 0 spiro atoms. The van der Waals surface area contributed by atoms with E-state index in [1.165, 1.54) is 12.1 Å². The first-order chi connectivity index (χ1) is 11.0. The van der Waals surface area contributed by atoms with Crippen LogP contribution in [0.15, 0.2) is 28.8 Å². The minimum absolute atomic E-state index is 0.0562. The zero-order valence-corrected chi connectivity index (χ0v) is 12.1. The molecule has 1 atom stereocenters. The Morgan fingerprint density at radius 2 is 2.35 bits per heavy atom. The lowest BCUT2D eigenvalue weighted by Gasteiger charge is -2.18. The molecule has 2 heterocycles. The fourth-order valence-corrected chi connectivity index (χ4v) is 2.66. The van der Waals surface area contributed by atoms with Gasteiger partial charge in [-0.1, -0.05) is 17.3 Å². The second kappa shape index (κ2) is 6.13. The quantitative estimate of drug-likeness (QED) is 0.652. The van der Waals surface area contributed by atoms with Crippen molar-refractivity contribution in [3.63, 3.8) is 0 Å². The standard InChI is InChI=1S/C14H14N4O5/c19-14(20)11-5-2-6-17(11)8-12-15-13(16-23-12)9-3-1-4-10(7-9)18(21)22/h1,3-4,7,11H,2,5-6,8H2,(H,19,20). The average Bonchev–Trinajstić information content (AvgIpc) is 3.17. The highest BCUT2D eigenvalue weighted by atomic mass is 16.6. The summed E-state index contributed by atoms with van der Waals surface area (Å²) in [5, 5.41) is 23.8. The molecule has 23 heavy (non-hydrogen) atoms. The monoisotopic (exact) mass is 318 g/mol. The van der Waals surface area contributed by atoms with Crippen LogP contribution in [-0.4, -0.2) is 43.6 Å². The molecule has 0 aliphatic carbocycles. The number of likely N-dealkylation sites (tertiary alicyclic amines) is 1. The van der Waals surface area contributed by atoms with E-state index in [0.717, 1.165) is 6.42 Å². The maximum absolute atomic E-state index is 11.2. The Morgan fingerprint density at radius 3 is 3.09 bits per heavy atom. The van der Waals surface area contributed by atoms with Gasteiger partial charge in [0.1, 0.15) is 6.04 Å². The van der Waals surface area contributed by atoms with E-state index < -0.39 is 16.9 Å². The van der Waals surface area contributed by atoms with Crippen LogP contribution in [0.3, 0.4) is 0 Å². The third kappa shape index (κ3) is 3.19. The van der Waals surface area contributed by atoms with E-state index in [4.69, 9.17) is 9.63 Å². The summed E-state index contributed by atoms with van der Waals surface area (Å²) in [7, 11) is 0. The molecule has 1 aliphatic rings. The van der Waals surface area contributed by atoms with Crippen LogP contribution >= 0.6 is 0 Å². The highest BCUT2D eigenvalue weighted by Gasteiger charge is 2.31. The Balaban J connectivity index is 1.77. The number of aromatic nitrogens is 2. The lowest BCUT2D eigenvalue weighted by atomic mass is 10.2. The molecule has 9 heteroatoms. The fourth-order valence-electron chi connectivity index (χ4n) is 2.66. The highest BCUT2D eigenvalue weighted by Crippen LogP contribution is 2.23. The molecule has 9 nitrogen and oxygen atoms in total. The number of carbonyl (C=O) groups is 1. The smallest absolute Gasteiger partial charge is 0.320 e. The van der Waals surface area contributed by atoms with Gasteiger partial charge in [0.05, 0.1) is 11.5 Å². The molecule has 1 fully saturated rings. The Bertz CT molecular complexity index is 744. The van der Waals surface area contributed by atoms with Gasteiger partial charge in [0.25, 0.3) is 5.69 Å². The van der Waals surface area contributed by atoms with E-state index in [1.807, 2.05) is 0 Å². The average molecular weight is 318 g/mol. The predicted octanol–water partition coefficient (Wildman–Crippen LogP) is 1.69. The summed E-state index contributed by atoms with van der Waals surface area (Å²) >= 11 is 0. The Labute approximate surface area is 130 Å². The number of non-ortho nitro benzene ring substituents is 1. The number of hydrogen-bond donors (Lipinski definition) is 1. The third-order valence-electron chi connectivity index (χ3n) is 3.77. The summed E-state index contributed by atoms with van der Waals surface area (Å²) in [4.78, 5) is 27.4. The fraction of sp³-hybridized carbons (Fsp3) is 0.357. The minimum Gasteiger partial charge on any atom is -0.480 e. The first-order valence-corrected chi connectivity index (χ1v) is 7.09. The molecule has 0 saturated carbocycles. The number of nitrogens with zero attached hydrogens (tertiary/aromatic N) is 4. The molecular weight excluding hydrogens is 304 g/mol. The van der Waals surface area contributed by atoms with E-state index >= 15 is 0 Å². The SMILES string of the molecule is O=C(O)C1CCCN1Cc1nc(-c2cccc([N+](=O)[O-])c2)no1. The second-order valence-electron chi connectivity index (χ2n) is 5.29. The van der Waals surface area contributed by atoms with Gasteiger partial charge in [-0.2, -0.15) is 4.98 Å². The van der Waals surface area contributed by atoms with Crippen molar-refractivity contribution in [1.29, 1.82) is 0 Å². The summed E-state index contributed by atoms with van der Waals surface area (Å²) in [6.45, 7) is 0.907. The highest BCUT2D eigenvalue weighted by molar-refractivity contribution is 5.73. The number of nitro benzene ring substituents is 1. The van der Waals surface area contributed by atoms with Gasteiger partial charge in [0.15, 0.2) is 0 Å². The molecule has 2 aromatic rings. The van der Waals surface area contributed by atoms with Gasteiger partial charge < -0.3 is 9.63 Å². The summed E-state index contributed by atoms with van der Waals surface area (Å²) < 4.78 is 5.14. The number of hydrogen-bond acceptors (Lipinski definition) is 7. The molecule has 1 aromatic carbocycles. The number of nitro groups is 1. The summed E-state index contributed by atoms with van der Waals surface area (Å²) in [5.41, 5.74) is 0.421. The number of carboxylic acid groups (broad SMARTS) is 1. The van der Waals surface area contributed by atoms with Crippen LogP contribution in [0.25, 0.3) is 11.4 Å². The van der Waals surface area contributed by atoms with Crippen LogP contribution in [0, 0.1) is 10.1 Å². The Morgan fingerprint density at radius 1 is 1.52 bits per heavy atom. The van der Waals surface area contributed by atoms with Gasteiger partial charge in [-0.3, -0.25) is 19.8 Å². The molecule has 1 N–H and O–H groups in total. The van der Waals surface area contributed by atoms with Crippen molar-refractivity contribution in [3.8, 4) is 11.4 Å². The summed E-state index contributed by atoms with van der Waals surface area (Å²) in [6.07, 6.45) is 1.41. The van der Waals surface area contributed by atoms with Gasteiger partial charge in [-0.15, -0.1) is 0 Å². The van der Waals surface area contributed by atoms with Crippen molar-refractivity contribution >= 4 is 11.7 Å². The molecule has 120 valence electrons. The van der Waals surface area contributed by atoms with Crippen LogP contribution in [-0.2, 0) is 11.3 Å². The number of aliphatic carboxylic acids is 1. The van der Waals surface area contributed by atoms with E-state index in [1.54, 1.807) is 17.0 Å². The third-order valence-corrected chi connectivity index (χ3v) is 3.77. The van der Waals surface area contributed by atoms with Crippen LogP contribution in [0.4, 0.5) is 5.69 Å². The molecular formula is C14H14N4O5.